The van der Waals surface area contributed by atoms with Gasteiger partial charge in [-0.3, -0.25) is 25.0 Å². The van der Waals surface area contributed by atoms with Crippen molar-refractivity contribution in [2.75, 3.05) is 0 Å². The van der Waals surface area contributed by atoms with Crippen LogP contribution in [0.3, 0.4) is 0 Å². The van der Waals surface area contributed by atoms with E-state index in [9.17, 15) is 19.7 Å². The smallest absolute Gasteiger partial charge is 0.293 e. The Kier molecular flexibility index (Phi) is 3.84. The van der Waals surface area contributed by atoms with E-state index >= 15 is 0 Å². The summed E-state index contributed by atoms with van der Waals surface area (Å²) >= 11 is 0. The van der Waals surface area contributed by atoms with E-state index in [2.05, 4.69) is 5.32 Å². The van der Waals surface area contributed by atoms with Gasteiger partial charge >= 0.3 is 0 Å². The van der Waals surface area contributed by atoms with Gasteiger partial charge in [0.1, 0.15) is 5.76 Å². The van der Waals surface area contributed by atoms with Gasteiger partial charge in [0.05, 0.1) is 4.92 Å². The third kappa shape index (κ3) is 2.97. The van der Waals surface area contributed by atoms with Gasteiger partial charge in [-0.25, -0.2) is 0 Å². The van der Waals surface area contributed by atoms with Gasteiger partial charge in [-0.1, -0.05) is 12.1 Å². The number of imide groups is 1. The number of nitro groups is 1. The fourth-order valence-electron chi connectivity index (χ4n) is 1.91. The van der Waals surface area contributed by atoms with Crippen LogP contribution in [0, 0.1) is 17.0 Å². The molecule has 0 unspecified atom stereocenters. The predicted octanol–water partition coefficient (Wildman–Crippen LogP) is 2.44. The van der Waals surface area contributed by atoms with Gasteiger partial charge in [-0.15, -0.1) is 0 Å². The quantitative estimate of drug-likeness (QED) is 0.690. The number of carbonyl (C=O) groups is 2. The summed E-state index contributed by atoms with van der Waals surface area (Å²) in [5.74, 6) is -0.864. The lowest BCUT2D eigenvalue weighted by molar-refractivity contribution is -0.385. The summed E-state index contributed by atoms with van der Waals surface area (Å²) in [4.78, 5) is 32.9. The van der Waals surface area contributed by atoms with E-state index in [1.54, 1.807) is 13.0 Å². The van der Waals surface area contributed by atoms with E-state index in [4.69, 9.17) is 4.42 Å². The lowest BCUT2D eigenvalue weighted by Crippen LogP contribution is -2.27. The number of benzene rings is 1. The van der Waals surface area contributed by atoms with Crippen LogP contribution in [0.4, 0.5) is 5.69 Å². The monoisotopic (exact) mass is 288 g/mol. The Balaban J connectivity index is 2.38. The van der Waals surface area contributed by atoms with Crippen molar-refractivity contribution in [3.8, 4) is 11.3 Å². The Hall–Kier alpha value is -2.96. The van der Waals surface area contributed by atoms with Crippen molar-refractivity contribution in [3.63, 3.8) is 0 Å². The molecule has 0 spiro atoms. The van der Waals surface area contributed by atoms with Crippen LogP contribution in [0.25, 0.3) is 11.3 Å². The first-order valence-electron chi connectivity index (χ1n) is 6.06. The largest absolute Gasteiger partial charge is 0.451 e. The van der Waals surface area contributed by atoms with Crippen LogP contribution in [0.15, 0.2) is 34.7 Å². The molecule has 1 aromatic heterocycles. The summed E-state index contributed by atoms with van der Waals surface area (Å²) in [5.41, 5.74) is 0.931. The molecule has 2 aromatic rings. The van der Waals surface area contributed by atoms with Crippen LogP contribution in [0.1, 0.15) is 23.0 Å². The van der Waals surface area contributed by atoms with Crippen molar-refractivity contribution in [2.24, 2.45) is 0 Å². The molecule has 0 aliphatic rings. The molecule has 0 aliphatic heterocycles. The third-order valence-electron chi connectivity index (χ3n) is 2.89. The summed E-state index contributed by atoms with van der Waals surface area (Å²) in [6.45, 7) is 2.82. The predicted molar refractivity (Wildman–Crippen MR) is 73.7 cm³/mol. The topological polar surface area (TPSA) is 102 Å². The maximum Gasteiger partial charge on any atom is 0.293 e. The van der Waals surface area contributed by atoms with Gasteiger partial charge in [0, 0.05) is 24.1 Å². The molecule has 0 atom stereocenters. The number of nitrogens with one attached hydrogen (secondary N) is 1. The molecule has 1 aromatic carbocycles. The van der Waals surface area contributed by atoms with Gasteiger partial charge < -0.3 is 4.42 Å². The molecule has 108 valence electrons. The van der Waals surface area contributed by atoms with E-state index in [1.807, 2.05) is 0 Å². The lowest BCUT2D eigenvalue weighted by atomic mass is 10.1. The molecular weight excluding hydrogens is 276 g/mol. The van der Waals surface area contributed by atoms with Crippen molar-refractivity contribution < 1.29 is 18.9 Å². The number of nitrogens with zero attached hydrogens (tertiary/aromatic N) is 1. The first kappa shape index (κ1) is 14.4. The van der Waals surface area contributed by atoms with Gasteiger partial charge in [-0.05, 0) is 19.1 Å². The van der Waals surface area contributed by atoms with Crippen molar-refractivity contribution in [3.05, 3.63) is 51.8 Å². The van der Waals surface area contributed by atoms with Gasteiger partial charge in [0.15, 0.2) is 5.76 Å². The minimum atomic E-state index is -0.656. The molecule has 21 heavy (non-hydrogen) atoms. The molecule has 0 fully saturated rings. The highest BCUT2D eigenvalue weighted by Gasteiger charge is 2.18. The molecule has 0 bridgehead atoms. The zero-order valence-electron chi connectivity index (χ0n) is 11.4. The normalized spacial score (nSPS) is 10.2. The first-order chi connectivity index (χ1) is 9.90. The summed E-state index contributed by atoms with van der Waals surface area (Å²) < 4.78 is 5.36. The number of nitro benzene ring substituents is 1. The second kappa shape index (κ2) is 5.58. The highest BCUT2D eigenvalue weighted by Crippen LogP contribution is 2.30. The Morgan fingerprint density at radius 2 is 1.95 bits per heavy atom. The highest BCUT2D eigenvalue weighted by atomic mass is 16.6. The fraction of sp³-hybridized carbons (Fsp3) is 0.143. The fourth-order valence-corrected chi connectivity index (χ4v) is 1.91. The van der Waals surface area contributed by atoms with Crippen LogP contribution in [-0.4, -0.2) is 16.7 Å². The molecule has 1 heterocycles. The van der Waals surface area contributed by atoms with E-state index in [0.29, 0.717) is 16.9 Å². The lowest BCUT2D eigenvalue weighted by Gasteiger charge is -2.03. The van der Waals surface area contributed by atoms with Crippen LogP contribution in [0.5, 0.6) is 0 Å². The number of hydrogen-bond donors (Lipinski definition) is 1. The van der Waals surface area contributed by atoms with Crippen LogP contribution >= 0.6 is 0 Å². The van der Waals surface area contributed by atoms with Crippen molar-refractivity contribution in [1.82, 2.24) is 5.32 Å². The molecule has 7 nitrogen and oxygen atoms in total. The van der Waals surface area contributed by atoms with Crippen LogP contribution < -0.4 is 5.32 Å². The highest BCUT2D eigenvalue weighted by molar-refractivity contribution is 6.02. The molecular formula is C14H12N2O5. The minimum absolute atomic E-state index is 0.0290. The zero-order valence-corrected chi connectivity index (χ0v) is 11.4. The molecule has 0 saturated heterocycles. The van der Waals surface area contributed by atoms with E-state index in [1.165, 1.54) is 31.2 Å². The van der Waals surface area contributed by atoms with Crippen LogP contribution in [-0.2, 0) is 4.79 Å². The van der Waals surface area contributed by atoms with Crippen molar-refractivity contribution >= 4 is 17.5 Å². The molecule has 0 aliphatic carbocycles. The molecule has 0 saturated carbocycles. The van der Waals surface area contributed by atoms with Crippen molar-refractivity contribution in [1.29, 1.82) is 0 Å². The summed E-state index contributed by atoms with van der Waals surface area (Å²) in [6, 6.07) is 7.53. The number of hydrogen-bond acceptors (Lipinski definition) is 5. The number of rotatable bonds is 3. The van der Waals surface area contributed by atoms with Gasteiger partial charge in [0.25, 0.3) is 11.6 Å². The van der Waals surface area contributed by atoms with Gasteiger partial charge in [0.2, 0.25) is 5.91 Å². The van der Waals surface area contributed by atoms with Gasteiger partial charge in [-0.2, -0.15) is 0 Å². The number of amides is 2. The Morgan fingerprint density at radius 3 is 2.57 bits per heavy atom. The summed E-state index contributed by atoms with van der Waals surface area (Å²) in [6.07, 6.45) is 0. The Morgan fingerprint density at radius 1 is 1.24 bits per heavy atom. The second-order valence-electron chi connectivity index (χ2n) is 4.38. The maximum atomic E-state index is 11.6. The van der Waals surface area contributed by atoms with Crippen LogP contribution in [0.2, 0.25) is 0 Å². The Bertz CT molecular complexity index is 733. The summed E-state index contributed by atoms with van der Waals surface area (Å²) in [7, 11) is 0. The molecule has 2 amide bonds. The standard InChI is InChI=1S/C14H12N2O5/c1-8-10(4-3-5-11(8)16(19)20)12-6-7-13(21-12)14(18)15-9(2)17/h3-7H,1-2H3,(H,15,17,18). The average molecular weight is 288 g/mol. The number of carbonyl (C=O) groups excluding carboxylic acids is 2. The number of furan rings is 1. The second-order valence-corrected chi connectivity index (χ2v) is 4.38. The minimum Gasteiger partial charge on any atom is -0.451 e. The molecule has 7 heteroatoms. The third-order valence-corrected chi connectivity index (χ3v) is 2.89. The molecule has 1 N–H and O–H groups in total. The summed E-state index contributed by atoms with van der Waals surface area (Å²) in [5, 5.41) is 13.0. The molecule has 2 rings (SSSR count). The maximum absolute atomic E-state index is 11.6. The van der Waals surface area contributed by atoms with E-state index in [0.717, 1.165) is 0 Å². The van der Waals surface area contributed by atoms with E-state index < -0.39 is 16.7 Å². The zero-order chi connectivity index (χ0) is 15.6. The van der Waals surface area contributed by atoms with E-state index in [-0.39, 0.29) is 11.4 Å². The van der Waals surface area contributed by atoms with Crippen molar-refractivity contribution in [2.45, 2.75) is 13.8 Å². The first-order valence-corrected chi connectivity index (χ1v) is 6.06. The SMILES string of the molecule is CC(=O)NC(=O)c1ccc(-c2cccc([N+](=O)[O-])c2C)o1. The average Bonchev–Trinajstić information content (AvgIpc) is 2.87. The Labute approximate surface area is 119 Å². The molecule has 0 radical (unpaired) electrons.